The van der Waals surface area contributed by atoms with E-state index in [-0.39, 0.29) is 66.2 Å². The summed E-state index contributed by atoms with van der Waals surface area (Å²) in [5.74, 6) is -3.43. The molecule has 2 aromatic rings. The highest BCUT2D eigenvalue weighted by Crippen LogP contribution is 2.34. The number of carbonyl (C=O) groups excluding carboxylic acids is 4. The number of urea groups is 1. The molecule has 2 saturated carbocycles. The smallest absolute Gasteiger partial charge is 0.318 e. The standard InChI is InChI=1S/C37H50F3N7O5/c1-6-47-29(15-18-41-47)33(48)43-31(23-7-9-24(10-8-23)32(39)40)34(49)42-28-14-11-25(21-27(28)38)22(2)30(44-36(51)45(4)26-12-13-26)35(50)46-19-16-37(3,52-5)17-20-46/h11,14-15,18,21-23,26,30-31H,6-10,12-13,16-17,19-20H2,1-5H3,(H,42,49)(H,43,48)(H,44,51)/t22-,30+,31-/m0/s1. The summed E-state index contributed by atoms with van der Waals surface area (Å²) >= 11 is 0. The Labute approximate surface area is 302 Å². The van der Waals surface area contributed by atoms with Crippen LogP contribution in [0.2, 0.25) is 0 Å². The Morgan fingerprint density at radius 3 is 2.31 bits per heavy atom. The Bertz CT molecular complexity index is 1660. The largest absolute Gasteiger partial charge is 0.378 e. The van der Waals surface area contributed by atoms with E-state index in [0.717, 1.165) is 12.8 Å². The van der Waals surface area contributed by atoms with Crippen molar-refractivity contribution in [3.8, 4) is 0 Å². The van der Waals surface area contributed by atoms with Gasteiger partial charge in [-0.2, -0.15) is 13.9 Å². The monoisotopic (exact) mass is 729 g/mol. The van der Waals surface area contributed by atoms with Crippen molar-refractivity contribution >= 4 is 29.4 Å². The summed E-state index contributed by atoms with van der Waals surface area (Å²) in [5, 5.41) is 12.4. The van der Waals surface area contributed by atoms with Crippen molar-refractivity contribution in [1.29, 1.82) is 0 Å². The zero-order valence-corrected chi connectivity index (χ0v) is 30.5. The van der Waals surface area contributed by atoms with E-state index in [2.05, 4.69) is 21.0 Å². The van der Waals surface area contributed by atoms with Crippen LogP contribution in [0.1, 0.15) is 94.1 Å². The third-order valence-corrected chi connectivity index (χ3v) is 11.1. The van der Waals surface area contributed by atoms with Gasteiger partial charge in [0.25, 0.3) is 12.0 Å². The van der Waals surface area contributed by atoms with Gasteiger partial charge in [0.1, 0.15) is 23.6 Å². The number of hydrogen-bond donors (Lipinski definition) is 3. The maximum atomic E-state index is 15.8. The van der Waals surface area contributed by atoms with Crippen LogP contribution in [0.5, 0.6) is 0 Å². The number of aromatic nitrogens is 2. The third kappa shape index (κ3) is 8.96. The molecule has 5 amide bonds. The summed E-state index contributed by atoms with van der Waals surface area (Å²) < 4.78 is 49.5. The van der Waals surface area contributed by atoms with Crippen molar-refractivity contribution in [2.45, 2.75) is 108 Å². The SMILES string of the molecule is CCn1nccc1C(=O)N[C@H](C(=O)Nc1ccc([C@H](C)[C@@H](NC(=O)N(C)C2CC2)C(=O)N2CCC(C)(OC)CC2)cc1F)C1CCC(=C(F)F)CC1. The molecule has 1 aromatic heterocycles. The summed E-state index contributed by atoms with van der Waals surface area (Å²) in [6.07, 6.45) is 3.40. The molecule has 0 bridgehead atoms. The van der Waals surface area contributed by atoms with Crippen molar-refractivity contribution in [2.75, 3.05) is 32.6 Å². The van der Waals surface area contributed by atoms with E-state index < -0.39 is 47.6 Å². The third-order valence-electron chi connectivity index (χ3n) is 11.1. The average molecular weight is 730 g/mol. The number of aryl methyl sites for hydroxylation is 1. The van der Waals surface area contributed by atoms with Crippen molar-refractivity contribution < 1.29 is 37.1 Å². The molecule has 1 aromatic carbocycles. The summed E-state index contributed by atoms with van der Waals surface area (Å²) in [6, 6.07) is 3.32. The van der Waals surface area contributed by atoms with Gasteiger partial charge < -0.3 is 30.5 Å². The van der Waals surface area contributed by atoms with E-state index in [9.17, 15) is 28.0 Å². The number of piperidine rings is 1. The Hall–Kier alpha value is -4.40. The first kappa shape index (κ1) is 38.8. The van der Waals surface area contributed by atoms with Gasteiger partial charge in [-0.15, -0.1) is 0 Å². The van der Waals surface area contributed by atoms with E-state index in [4.69, 9.17) is 4.74 Å². The molecule has 2 heterocycles. The lowest BCUT2D eigenvalue weighted by molar-refractivity contribution is -0.138. The van der Waals surface area contributed by atoms with Gasteiger partial charge in [0.15, 0.2) is 0 Å². The van der Waals surface area contributed by atoms with Crippen molar-refractivity contribution in [3.05, 3.63) is 59.2 Å². The van der Waals surface area contributed by atoms with E-state index in [1.165, 1.54) is 29.1 Å². The molecule has 3 aliphatic rings. The molecule has 3 N–H and O–H groups in total. The lowest BCUT2D eigenvalue weighted by atomic mass is 9.81. The first-order chi connectivity index (χ1) is 24.7. The minimum Gasteiger partial charge on any atom is -0.378 e. The van der Waals surface area contributed by atoms with E-state index in [1.807, 2.05) is 13.8 Å². The molecule has 15 heteroatoms. The maximum absolute atomic E-state index is 15.8. The fourth-order valence-corrected chi connectivity index (χ4v) is 7.08. The minimum atomic E-state index is -1.73. The number of halogens is 3. The molecule has 5 rings (SSSR count). The van der Waals surface area contributed by atoms with Gasteiger partial charge in [-0.3, -0.25) is 19.1 Å². The second-order valence-corrected chi connectivity index (χ2v) is 14.5. The number of amides is 5. The van der Waals surface area contributed by atoms with Crippen LogP contribution in [-0.2, 0) is 20.9 Å². The van der Waals surface area contributed by atoms with Gasteiger partial charge in [0.05, 0.1) is 11.3 Å². The number of ether oxygens (including phenoxy) is 1. The molecule has 2 aliphatic carbocycles. The predicted molar refractivity (Wildman–Crippen MR) is 188 cm³/mol. The van der Waals surface area contributed by atoms with Gasteiger partial charge in [0.2, 0.25) is 11.8 Å². The van der Waals surface area contributed by atoms with Crippen molar-refractivity contribution in [1.82, 2.24) is 30.2 Å². The molecular weight excluding hydrogens is 679 g/mol. The molecule has 0 radical (unpaired) electrons. The minimum absolute atomic E-state index is 0.0300. The fraction of sp³-hybridized carbons (Fsp3) is 0.595. The van der Waals surface area contributed by atoms with Crippen LogP contribution in [0.25, 0.3) is 0 Å². The molecule has 52 heavy (non-hydrogen) atoms. The number of carbonyl (C=O) groups is 4. The van der Waals surface area contributed by atoms with Crippen LogP contribution in [0.3, 0.4) is 0 Å². The summed E-state index contributed by atoms with van der Waals surface area (Å²) in [4.78, 5) is 57.5. The van der Waals surface area contributed by atoms with Crippen LogP contribution in [-0.4, -0.2) is 94.3 Å². The first-order valence-electron chi connectivity index (χ1n) is 18.1. The number of benzene rings is 1. The normalized spacial score (nSPS) is 20.3. The maximum Gasteiger partial charge on any atom is 0.318 e. The van der Waals surface area contributed by atoms with Crippen LogP contribution in [0.4, 0.5) is 23.7 Å². The van der Waals surface area contributed by atoms with Crippen LogP contribution in [0.15, 0.2) is 42.1 Å². The highest BCUT2D eigenvalue weighted by molar-refractivity contribution is 6.00. The first-order valence-corrected chi connectivity index (χ1v) is 18.1. The number of allylic oxidation sites excluding steroid dienone is 1. The van der Waals surface area contributed by atoms with Crippen LogP contribution < -0.4 is 16.0 Å². The van der Waals surface area contributed by atoms with Crippen molar-refractivity contribution in [2.24, 2.45) is 5.92 Å². The highest BCUT2D eigenvalue weighted by atomic mass is 19.3. The zero-order chi connectivity index (χ0) is 37.7. The number of nitrogens with one attached hydrogen (secondary N) is 3. The van der Waals surface area contributed by atoms with Crippen LogP contribution in [0, 0.1) is 11.7 Å². The molecule has 12 nitrogen and oxygen atoms in total. The van der Waals surface area contributed by atoms with Gasteiger partial charge in [-0.1, -0.05) is 13.0 Å². The lowest BCUT2D eigenvalue weighted by Gasteiger charge is -2.40. The molecule has 1 aliphatic heterocycles. The molecule has 3 atom stereocenters. The number of anilines is 1. The zero-order valence-electron chi connectivity index (χ0n) is 30.5. The van der Waals surface area contributed by atoms with E-state index >= 15 is 4.39 Å². The Kier molecular flexibility index (Phi) is 12.3. The molecule has 0 spiro atoms. The molecule has 1 saturated heterocycles. The number of likely N-dealkylation sites (tertiary alicyclic amines) is 1. The number of hydrogen-bond acceptors (Lipinski definition) is 6. The van der Waals surface area contributed by atoms with Gasteiger partial charge in [0, 0.05) is 51.9 Å². The molecular formula is C37H50F3N7O5. The quantitative estimate of drug-likeness (QED) is 0.267. The number of rotatable bonds is 12. The molecule has 0 unspecified atom stereocenters. The topological polar surface area (TPSA) is 138 Å². The Morgan fingerprint density at radius 1 is 1.06 bits per heavy atom. The summed E-state index contributed by atoms with van der Waals surface area (Å²) in [7, 11) is 3.34. The lowest BCUT2D eigenvalue weighted by Crippen LogP contribution is -2.56. The average Bonchev–Trinajstić information content (AvgIpc) is 3.88. The van der Waals surface area contributed by atoms with E-state index in [0.29, 0.717) is 38.0 Å². The fourth-order valence-electron chi connectivity index (χ4n) is 7.08. The van der Waals surface area contributed by atoms with E-state index in [1.54, 1.807) is 36.9 Å². The molecule has 284 valence electrons. The number of methoxy groups -OCH3 is 1. The highest BCUT2D eigenvalue weighted by Gasteiger charge is 2.39. The summed E-state index contributed by atoms with van der Waals surface area (Å²) in [6.45, 7) is 6.85. The second kappa shape index (κ2) is 16.5. The molecule has 3 fully saturated rings. The predicted octanol–water partition coefficient (Wildman–Crippen LogP) is 5.42. The Morgan fingerprint density at radius 2 is 1.73 bits per heavy atom. The Balaban J connectivity index is 1.34. The van der Waals surface area contributed by atoms with Gasteiger partial charge in [-0.25, -0.2) is 9.18 Å². The number of nitrogens with zero attached hydrogens (tertiary/aromatic N) is 4. The van der Waals surface area contributed by atoms with Gasteiger partial charge >= 0.3 is 6.03 Å². The van der Waals surface area contributed by atoms with Crippen LogP contribution >= 0.6 is 0 Å². The second-order valence-electron chi connectivity index (χ2n) is 14.5. The summed E-state index contributed by atoms with van der Waals surface area (Å²) in [5.41, 5.74) is 0.190. The van der Waals surface area contributed by atoms with Crippen molar-refractivity contribution in [3.63, 3.8) is 0 Å². The van der Waals surface area contributed by atoms with Gasteiger partial charge in [-0.05, 0) is 100 Å².